The predicted molar refractivity (Wildman–Crippen MR) is 82.3 cm³/mol. The zero-order valence-electron chi connectivity index (χ0n) is 12.8. The van der Waals surface area contributed by atoms with Gasteiger partial charge in [-0.2, -0.15) is 0 Å². The van der Waals surface area contributed by atoms with E-state index in [1.54, 1.807) is 0 Å². The molecular weight excluding hydrogens is 268 g/mol. The van der Waals surface area contributed by atoms with E-state index < -0.39 is 0 Å². The summed E-state index contributed by atoms with van der Waals surface area (Å²) in [5.74, 6) is 2.01. The number of nitrogens with one attached hydrogen (secondary N) is 1. The molecule has 1 amide bonds. The number of hydrogen-bond donors (Lipinski definition) is 1. The highest BCUT2D eigenvalue weighted by molar-refractivity contribution is 6.05. The molecule has 0 saturated carbocycles. The Balaban J connectivity index is 2.04. The minimum absolute atomic E-state index is 0.135. The standard InChI is InChI=1S/C16H22N2O3/c1-4-11-16(19)18(9-10(2)3)13-8-15-14(7-12(13)17-11)20-5-6-21-15/h7-8,10-11,17H,4-6,9H2,1-3H3. The Morgan fingerprint density at radius 3 is 2.57 bits per heavy atom. The van der Waals surface area contributed by atoms with Gasteiger partial charge in [0.2, 0.25) is 5.91 Å². The van der Waals surface area contributed by atoms with Crippen LogP contribution in [0.3, 0.4) is 0 Å². The normalized spacial score (nSPS) is 20.3. The molecule has 0 spiro atoms. The van der Waals surface area contributed by atoms with Crippen molar-refractivity contribution in [2.24, 2.45) is 5.92 Å². The highest BCUT2D eigenvalue weighted by Crippen LogP contribution is 2.42. The van der Waals surface area contributed by atoms with Crippen LogP contribution in [-0.2, 0) is 4.79 Å². The van der Waals surface area contributed by atoms with Gasteiger partial charge >= 0.3 is 0 Å². The lowest BCUT2D eigenvalue weighted by Crippen LogP contribution is -2.48. The molecule has 1 atom stereocenters. The van der Waals surface area contributed by atoms with Crippen LogP contribution in [0.1, 0.15) is 27.2 Å². The molecule has 21 heavy (non-hydrogen) atoms. The number of rotatable bonds is 3. The summed E-state index contributed by atoms with van der Waals surface area (Å²) in [5.41, 5.74) is 1.84. The maximum absolute atomic E-state index is 12.6. The monoisotopic (exact) mass is 290 g/mol. The Kier molecular flexibility index (Phi) is 3.66. The Morgan fingerprint density at radius 1 is 1.29 bits per heavy atom. The summed E-state index contributed by atoms with van der Waals surface area (Å²) < 4.78 is 11.3. The van der Waals surface area contributed by atoms with Gasteiger partial charge in [0, 0.05) is 18.7 Å². The van der Waals surface area contributed by atoms with Crippen molar-refractivity contribution in [2.75, 3.05) is 30.0 Å². The van der Waals surface area contributed by atoms with Gasteiger partial charge < -0.3 is 19.7 Å². The number of fused-ring (bicyclic) bond motifs is 2. The maximum Gasteiger partial charge on any atom is 0.249 e. The van der Waals surface area contributed by atoms with Gasteiger partial charge in [-0.3, -0.25) is 4.79 Å². The molecule has 1 unspecified atom stereocenters. The summed E-state index contributed by atoms with van der Waals surface area (Å²) in [5, 5.41) is 3.32. The van der Waals surface area contributed by atoms with E-state index in [-0.39, 0.29) is 11.9 Å². The third-order valence-electron chi connectivity index (χ3n) is 3.80. The van der Waals surface area contributed by atoms with Gasteiger partial charge in [0.25, 0.3) is 0 Å². The molecule has 0 aromatic heterocycles. The molecule has 1 N–H and O–H groups in total. The SMILES string of the molecule is CCC1Nc2cc3c(cc2N(CC(C)C)C1=O)OCCO3. The van der Waals surface area contributed by atoms with Crippen LogP contribution in [0.25, 0.3) is 0 Å². The second kappa shape index (κ2) is 5.47. The summed E-state index contributed by atoms with van der Waals surface area (Å²) in [6.07, 6.45) is 0.765. The lowest BCUT2D eigenvalue weighted by atomic mass is 10.0. The average molecular weight is 290 g/mol. The lowest BCUT2D eigenvalue weighted by Gasteiger charge is -2.37. The first-order valence-electron chi connectivity index (χ1n) is 7.61. The Labute approximate surface area is 125 Å². The second-order valence-corrected chi connectivity index (χ2v) is 5.96. The van der Waals surface area contributed by atoms with Crippen LogP contribution in [0.5, 0.6) is 11.5 Å². The van der Waals surface area contributed by atoms with Gasteiger partial charge in [0.05, 0.1) is 11.4 Å². The fourth-order valence-corrected chi connectivity index (χ4v) is 2.80. The van der Waals surface area contributed by atoms with Crippen LogP contribution in [0.4, 0.5) is 11.4 Å². The number of carbonyl (C=O) groups excluding carboxylic acids is 1. The summed E-state index contributed by atoms with van der Waals surface area (Å²) in [6, 6.07) is 3.70. The molecule has 5 heteroatoms. The van der Waals surface area contributed by atoms with Gasteiger partial charge in [-0.05, 0) is 12.3 Å². The summed E-state index contributed by atoms with van der Waals surface area (Å²) in [7, 11) is 0. The fourth-order valence-electron chi connectivity index (χ4n) is 2.80. The molecule has 1 aromatic carbocycles. The minimum atomic E-state index is -0.168. The van der Waals surface area contributed by atoms with Crippen molar-refractivity contribution in [1.29, 1.82) is 0 Å². The summed E-state index contributed by atoms with van der Waals surface area (Å²) in [6.45, 7) is 8.09. The Hall–Kier alpha value is -1.91. The van der Waals surface area contributed by atoms with E-state index >= 15 is 0 Å². The number of carbonyl (C=O) groups is 1. The molecule has 0 saturated heterocycles. The predicted octanol–water partition coefficient (Wildman–Crippen LogP) is 2.65. The van der Waals surface area contributed by atoms with Crippen molar-refractivity contribution >= 4 is 17.3 Å². The van der Waals surface area contributed by atoms with Gasteiger partial charge in [0.15, 0.2) is 11.5 Å². The molecule has 0 bridgehead atoms. The molecule has 2 heterocycles. The molecule has 5 nitrogen and oxygen atoms in total. The van der Waals surface area contributed by atoms with Crippen LogP contribution in [0.15, 0.2) is 12.1 Å². The number of amides is 1. The largest absolute Gasteiger partial charge is 0.486 e. The summed E-state index contributed by atoms with van der Waals surface area (Å²) in [4.78, 5) is 14.5. The van der Waals surface area contributed by atoms with E-state index in [9.17, 15) is 4.79 Å². The highest BCUT2D eigenvalue weighted by atomic mass is 16.6. The first kappa shape index (κ1) is 14.0. The van der Waals surface area contributed by atoms with Crippen molar-refractivity contribution in [1.82, 2.24) is 0 Å². The number of nitrogens with zero attached hydrogens (tertiary/aromatic N) is 1. The van der Waals surface area contributed by atoms with Gasteiger partial charge in [-0.15, -0.1) is 0 Å². The zero-order chi connectivity index (χ0) is 15.0. The highest BCUT2D eigenvalue weighted by Gasteiger charge is 2.33. The Morgan fingerprint density at radius 2 is 1.95 bits per heavy atom. The number of anilines is 2. The average Bonchev–Trinajstić information content (AvgIpc) is 2.48. The fraction of sp³-hybridized carbons (Fsp3) is 0.562. The minimum Gasteiger partial charge on any atom is -0.486 e. The van der Waals surface area contributed by atoms with Crippen molar-refractivity contribution < 1.29 is 14.3 Å². The van der Waals surface area contributed by atoms with Gasteiger partial charge in [-0.1, -0.05) is 20.8 Å². The van der Waals surface area contributed by atoms with E-state index in [0.29, 0.717) is 25.7 Å². The lowest BCUT2D eigenvalue weighted by molar-refractivity contribution is -0.119. The summed E-state index contributed by atoms with van der Waals surface area (Å²) >= 11 is 0. The van der Waals surface area contributed by atoms with Crippen LogP contribution >= 0.6 is 0 Å². The smallest absolute Gasteiger partial charge is 0.249 e. The van der Waals surface area contributed by atoms with Crippen molar-refractivity contribution in [3.63, 3.8) is 0 Å². The number of ether oxygens (including phenoxy) is 2. The Bertz CT molecular complexity index is 557. The number of hydrogen-bond acceptors (Lipinski definition) is 4. The van der Waals surface area contributed by atoms with E-state index in [1.807, 2.05) is 24.0 Å². The quantitative estimate of drug-likeness (QED) is 0.930. The van der Waals surface area contributed by atoms with E-state index in [4.69, 9.17) is 9.47 Å². The molecule has 0 aliphatic carbocycles. The second-order valence-electron chi connectivity index (χ2n) is 5.96. The molecule has 0 radical (unpaired) electrons. The zero-order valence-corrected chi connectivity index (χ0v) is 12.8. The molecular formula is C16H22N2O3. The molecule has 2 aliphatic heterocycles. The van der Waals surface area contributed by atoms with Crippen LogP contribution in [-0.4, -0.2) is 31.7 Å². The molecule has 2 aliphatic rings. The number of benzene rings is 1. The van der Waals surface area contributed by atoms with Crippen molar-refractivity contribution in [3.05, 3.63) is 12.1 Å². The molecule has 3 rings (SSSR count). The first-order valence-corrected chi connectivity index (χ1v) is 7.61. The first-order chi connectivity index (χ1) is 10.1. The third-order valence-corrected chi connectivity index (χ3v) is 3.80. The molecule has 0 fully saturated rings. The van der Waals surface area contributed by atoms with E-state index in [2.05, 4.69) is 19.2 Å². The van der Waals surface area contributed by atoms with Crippen molar-refractivity contribution in [3.8, 4) is 11.5 Å². The third kappa shape index (κ3) is 2.52. The van der Waals surface area contributed by atoms with Crippen LogP contribution in [0.2, 0.25) is 0 Å². The van der Waals surface area contributed by atoms with E-state index in [0.717, 1.165) is 29.3 Å². The van der Waals surface area contributed by atoms with Gasteiger partial charge in [-0.25, -0.2) is 0 Å². The van der Waals surface area contributed by atoms with Crippen LogP contribution < -0.4 is 19.7 Å². The topological polar surface area (TPSA) is 50.8 Å². The van der Waals surface area contributed by atoms with Crippen LogP contribution in [0, 0.1) is 5.92 Å². The van der Waals surface area contributed by atoms with E-state index in [1.165, 1.54) is 0 Å². The van der Waals surface area contributed by atoms with Gasteiger partial charge in [0.1, 0.15) is 19.3 Å². The van der Waals surface area contributed by atoms with Crippen molar-refractivity contribution in [2.45, 2.75) is 33.2 Å². The molecule has 1 aromatic rings. The maximum atomic E-state index is 12.6. The molecule has 114 valence electrons.